The van der Waals surface area contributed by atoms with E-state index < -0.39 is 12.1 Å². The highest BCUT2D eigenvalue weighted by atomic mass is 31.1. The van der Waals surface area contributed by atoms with E-state index in [9.17, 15) is 9.59 Å². The summed E-state index contributed by atoms with van der Waals surface area (Å²) < 4.78 is 4.11. The molecule has 0 aliphatic rings. The van der Waals surface area contributed by atoms with Gasteiger partial charge >= 0.3 is 12.1 Å². The van der Waals surface area contributed by atoms with Crippen molar-refractivity contribution < 1.29 is 14.3 Å². The average molecular weight is 177 g/mol. The lowest BCUT2D eigenvalue weighted by molar-refractivity contribution is -0.136. The smallest absolute Gasteiger partial charge is 0.376 e. The van der Waals surface area contributed by atoms with Crippen LogP contribution in [0.15, 0.2) is 0 Å². The molecule has 0 spiro atoms. The van der Waals surface area contributed by atoms with E-state index in [1.807, 2.05) is 13.3 Å². The molecule has 0 aromatic carbocycles. The van der Waals surface area contributed by atoms with Crippen LogP contribution in [0.1, 0.15) is 6.42 Å². The molecule has 1 amide bonds. The maximum atomic E-state index is 10.6. The van der Waals surface area contributed by atoms with Gasteiger partial charge in [0.1, 0.15) is 0 Å². The monoisotopic (exact) mass is 177 g/mol. The number of carbonyl (C=O) groups is 2. The number of amides is 1. The van der Waals surface area contributed by atoms with Crippen LogP contribution in [0.4, 0.5) is 4.79 Å². The van der Waals surface area contributed by atoms with Gasteiger partial charge in [-0.1, -0.05) is 0 Å². The summed E-state index contributed by atoms with van der Waals surface area (Å²) in [4.78, 5) is 20.7. The van der Waals surface area contributed by atoms with Crippen LogP contribution in [0.2, 0.25) is 0 Å². The molecule has 0 rings (SSSR count). The van der Waals surface area contributed by atoms with Gasteiger partial charge in [-0.3, -0.25) is 4.79 Å². The zero-order valence-electron chi connectivity index (χ0n) is 6.66. The molecule has 0 saturated carbocycles. The molecule has 0 aromatic heterocycles. The fourth-order valence-corrected chi connectivity index (χ4v) is 1.11. The van der Waals surface area contributed by atoms with Gasteiger partial charge in [-0.15, -0.1) is 7.92 Å². The zero-order chi connectivity index (χ0) is 8.85. The molecule has 0 aliphatic heterocycles. The Kier molecular flexibility index (Phi) is 4.79. The predicted octanol–water partition coefficient (Wildman–Crippen LogP) is 0.740. The second-order valence-electron chi connectivity index (χ2n) is 2.35. The van der Waals surface area contributed by atoms with Crippen molar-refractivity contribution in [3.8, 4) is 0 Å². The van der Waals surface area contributed by atoms with Crippen LogP contribution < -0.4 is 5.73 Å². The number of hydrogen-bond acceptors (Lipinski definition) is 3. The molecule has 0 aromatic rings. The Hall–Kier alpha value is -0.630. The Morgan fingerprint density at radius 1 is 1.45 bits per heavy atom. The topological polar surface area (TPSA) is 69.4 Å². The first-order valence-electron chi connectivity index (χ1n) is 3.17. The summed E-state index contributed by atoms with van der Waals surface area (Å²) in [5.74, 6) is -0.534. The van der Waals surface area contributed by atoms with Crippen LogP contribution >= 0.6 is 7.92 Å². The lowest BCUT2D eigenvalue weighted by Gasteiger charge is -2.02. The highest BCUT2D eigenvalue weighted by Gasteiger charge is 2.06. The molecule has 64 valence electrons. The highest BCUT2D eigenvalue weighted by molar-refractivity contribution is 7.56. The molecule has 5 heteroatoms. The molecule has 0 saturated heterocycles. The maximum absolute atomic E-state index is 10.6. The van der Waals surface area contributed by atoms with Gasteiger partial charge < -0.3 is 10.5 Å². The van der Waals surface area contributed by atoms with Gasteiger partial charge in [-0.25, -0.2) is 4.79 Å². The molecule has 4 nitrogen and oxygen atoms in total. The van der Waals surface area contributed by atoms with Crippen LogP contribution in [-0.4, -0.2) is 31.6 Å². The maximum Gasteiger partial charge on any atom is 0.412 e. The minimum Gasteiger partial charge on any atom is -0.376 e. The first-order valence-corrected chi connectivity index (χ1v) is 5.59. The van der Waals surface area contributed by atoms with Gasteiger partial charge in [0.15, 0.2) is 0 Å². The van der Waals surface area contributed by atoms with Gasteiger partial charge in [-0.2, -0.15) is 0 Å². The van der Waals surface area contributed by atoms with E-state index in [-0.39, 0.29) is 14.3 Å². The summed E-state index contributed by atoms with van der Waals surface area (Å²) in [6.07, 6.45) is 0.0369. The second kappa shape index (κ2) is 5.08. The van der Waals surface area contributed by atoms with Crippen molar-refractivity contribution in [2.45, 2.75) is 6.42 Å². The third-order valence-electron chi connectivity index (χ3n) is 0.978. The van der Waals surface area contributed by atoms with Gasteiger partial charge in [0.25, 0.3) is 0 Å². The first-order chi connectivity index (χ1) is 5.02. The number of esters is 1. The van der Waals surface area contributed by atoms with E-state index in [1.165, 1.54) is 0 Å². The molecule has 0 atom stereocenters. The third-order valence-corrected chi connectivity index (χ3v) is 2.10. The SMILES string of the molecule is CP(C)CCC(=O)OC(N)=O. The number of carbonyl (C=O) groups excluding carboxylic acids is 2. The summed E-state index contributed by atoms with van der Waals surface area (Å²) >= 11 is 0. The average Bonchev–Trinajstić information content (AvgIpc) is 1.82. The van der Waals surface area contributed by atoms with E-state index in [0.717, 1.165) is 6.16 Å². The third kappa shape index (κ3) is 7.26. The number of nitrogens with two attached hydrogens (primary N) is 1. The lowest BCUT2D eigenvalue weighted by Crippen LogP contribution is -2.18. The molecule has 0 unspecified atom stereocenters. The van der Waals surface area contributed by atoms with Crippen molar-refractivity contribution in [1.29, 1.82) is 0 Å². The molecule has 11 heavy (non-hydrogen) atoms. The van der Waals surface area contributed by atoms with E-state index in [2.05, 4.69) is 10.5 Å². The number of rotatable bonds is 3. The highest BCUT2D eigenvalue weighted by Crippen LogP contribution is 2.24. The van der Waals surface area contributed by atoms with Gasteiger partial charge in [0, 0.05) is 6.42 Å². The Labute approximate surface area is 66.8 Å². The van der Waals surface area contributed by atoms with Crippen molar-refractivity contribution in [1.82, 2.24) is 0 Å². The van der Waals surface area contributed by atoms with Gasteiger partial charge in [-0.05, 0) is 19.5 Å². The van der Waals surface area contributed by atoms with Crippen LogP contribution in [-0.2, 0) is 9.53 Å². The molecule has 0 fully saturated rings. The van der Waals surface area contributed by atoms with Crippen molar-refractivity contribution >= 4 is 20.0 Å². The van der Waals surface area contributed by atoms with Crippen LogP contribution in [0.25, 0.3) is 0 Å². The van der Waals surface area contributed by atoms with Crippen LogP contribution in [0.3, 0.4) is 0 Å². The molecule has 0 aliphatic carbocycles. The first kappa shape index (κ1) is 10.4. The van der Waals surface area contributed by atoms with Gasteiger partial charge in [0.05, 0.1) is 0 Å². The Bertz CT molecular complexity index is 158. The molecular weight excluding hydrogens is 165 g/mol. The largest absolute Gasteiger partial charge is 0.412 e. The quantitative estimate of drug-likeness (QED) is 0.392. The zero-order valence-corrected chi connectivity index (χ0v) is 7.56. The molecule has 2 N–H and O–H groups in total. The molecule has 0 bridgehead atoms. The molecule has 0 radical (unpaired) electrons. The minimum atomic E-state index is -1.02. The fraction of sp³-hybridized carbons (Fsp3) is 0.667. The summed E-state index contributed by atoms with van der Waals surface area (Å²) in [5.41, 5.74) is 4.62. The number of primary amides is 1. The van der Waals surface area contributed by atoms with Crippen molar-refractivity contribution in [3.63, 3.8) is 0 Å². The van der Waals surface area contributed by atoms with Crippen molar-refractivity contribution in [2.24, 2.45) is 5.73 Å². The summed E-state index contributed by atoms with van der Waals surface area (Å²) in [5, 5.41) is 0. The van der Waals surface area contributed by atoms with Crippen LogP contribution in [0, 0.1) is 0 Å². The minimum absolute atomic E-state index is 0.111. The fourth-order valence-electron chi connectivity index (χ4n) is 0.478. The Balaban J connectivity index is 3.46. The van der Waals surface area contributed by atoms with Crippen LogP contribution in [0.5, 0.6) is 0 Å². The normalized spacial score (nSPS) is 9.73. The summed E-state index contributed by atoms with van der Waals surface area (Å²) in [7, 11) is -0.111. The van der Waals surface area contributed by atoms with E-state index in [1.54, 1.807) is 0 Å². The van der Waals surface area contributed by atoms with E-state index in [0.29, 0.717) is 0 Å². The summed E-state index contributed by atoms with van der Waals surface area (Å²) in [6, 6.07) is 0. The second-order valence-corrected chi connectivity index (χ2v) is 4.95. The number of ether oxygens (including phenoxy) is 1. The van der Waals surface area contributed by atoms with Crippen molar-refractivity contribution in [3.05, 3.63) is 0 Å². The summed E-state index contributed by atoms with van der Waals surface area (Å²) in [6.45, 7) is 4.10. The predicted molar refractivity (Wildman–Crippen MR) is 43.9 cm³/mol. The molecular formula is C6H12NO3P. The Morgan fingerprint density at radius 2 is 2.00 bits per heavy atom. The Morgan fingerprint density at radius 3 is 2.36 bits per heavy atom. The standard InChI is InChI=1S/C6H12NO3P/c1-11(2)4-3-5(8)10-6(7)9/h3-4H2,1-2H3,(H2,7,9). The number of hydrogen-bond donors (Lipinski definition) is 1. The molecule has 0 heterocycles. The lowest BCUT2D eigenvalue weighted by atomic mass is 10.5. The van der Waals surface area contributed by atoms with Gasteiger partial charge in [0.2, 0.25) is 0 Å². The van der Waals surface area contributed by atoms with E-state index in [4.69, 9.17) is 0 Å². The van der Waals surface area contributed by atoms with E-state index >= 15 is 0 Å². The van der Waals surface area contributed by atoms with Crippen molar-refractivity contribution in [2.75, 3.05) is 19.5 Å².